The van der Waals surface area contributed by atoms with Crippen LogP contribution in [-0.4, -0.2) is 10.7 Å². The van der Waals surface area contributed by atoms with Gasteiger partial charge in [-0.3, -0.25) is 0 Å². The molecule has 0 fully saturated rings. The number of hydrogen-bond acceptors (Lipinski definition) is 1. The Morgan fingerprint density at radius 3 is 2.20 bits per heavy atom. The summed E-state index contributed by atoms with van der Waals surface area (Å²) in [6.07, 6.45) is 3.23. The second-order valence-electron chi connectivity index (χ2n) is 3.62. The maximum Gasteiger partial charge on any atom is 0.0642 e. The molecule has 0 bridgehead atoms. The Kier molecular flexibility index (Phi) is 3.95. The number of rotatable bonds is 4. The standard InChI is InChI=1S/C9H20O/c1-5-6-7-9(4,10)8(2)3/h8,10H,5-7H2,1-4H3. The molecule has 1 heteroatoms. The number of hydrogen-bond donors (Lipinski definition) is 1. The first-order valence-corrected chi connectivity index (χ1v) is 4.23. The summed E-state index contributed by atoms with van der Waals surface area (Å²) in [6.45, 7) is 8.20. The van der Waals surface area contributed by atoms with Crippen molar-refractivity contribution in [2.75, 3.05) is 0 Å². The SMILES string of the molecule is CCCCC(C)(O)C(C)C. The molecular weight excluding hydrogens is 124 g/mol. The normalized spacial score (nSPS) is 17.4. The van der Waals surface area contributed by atoms with Crippen LogP contribution in [0.4, 0.5) is 0 Å². The highest BCUT2D eigenvalue weighted by Gasteiger charge is 2.23. The van der Waals surface area contributed by atoms with E-state index in [2.05, 4.69) is 20.8 Å². The molecule has 0 aliphatic carbocycles. The van der Waals surface area contributed by atoms with Crippen LogP contribution in [0.25, 0.3) is 0 Å². The van der Waals surface area contributed by atoms with Gasteiger partial charge in [0, 0.05) is 0 Å². The van der Waals surface area contributed by atoms with Gasteiger partial charge in [-0.2, -0.15) is 0 Å². The van der Waals surface area contributed by atoms with E-state index in [0.717, 1.165) is 12.8 Å². The molecule has 1 atom stereocenters. The van der Waals surface area contributed by atoms with Crippen LogP contribution in [0.2, 0.25) is 0 Å². The van der Waals surface area contributed by atoms with Gasteiger partial charge < -0.3 is 5.11 Å². The van der Waals surface area contributed by atoms with Crippen LogP contribution >= 0.6 is 0 Å². The van der Waals surface area contributed by atoms with Crippen molar-refractivity contribution in [1.82, 2.24) is 0 Å². The lowest BCUT2D eigenvalue weighted by Gasteiger charge is -2.27. The second-order valence-corrected chi connectivity index (χ2v) is 3.62. The van der Waals surface area contributed by atoms with E-state index in [9.17, 15) is 5.11 Å². The maximum absolute atomic E-state index is 9.72. The van der Waals surface area contributed by atoms with Crippen molar-refractivity contribution in [2.24, 2.45) is 5.92 Å². The molecule has 62 valence electrons. The predicted octanol–water partition coefficient (Wildman–Crippen LogP) is 2.58. The Morgan fingerprint density at radius 1 is 1.40 bits per heavy atom. The Hall–Kier alpha value is -0.0400. The maximum atomic E-state index is 9.72. The van der Waals surface area contributed by atoms with Crippen molar-refractivity contribution >= 4 is 0 Å². The van der Waals surface area contributed by atoms with Crippen molar-refractivity contribution in [2.45, 2.75) is 52.6 Å². The van der Waals surface area contributed by atoms with Gasteiger partial charge in [0.15, 0.2) is 0 Å². The summed E-state index contributed by atoms with van der Waals surface area (Å²) in [5.74, 6) is 0.374. The number of aliphatic hydroxyl groups is 1. The van der Waals surface area contributed by atoms with Gasteiger partial charge in [-0.1, -0.05) is 33.6 Å². The van der Waals surface area contributed by atoms with E-state index in [1.54, 1.807) is 0 Å². The monoisotopic (exact) mass is 144 g/mol. The van der Waals surface area contributed by atoms with Crippen LogP contribution in [-0.2, 0) is 0 Å². The van der Waals surface area contributed by atoms with Gasteiger partial charge in [0.05, 0.1) is 5.60 Å². The minimum Gasteiger partial charge on any atom is -0.390 e. The molecule has 0 saturated carbocycles. The Morgan fingerprint density at radius 2 is 1.90 bits per heavy atom. The molecule has 0 amide bonds. The molecule has 1 N–H and O–H groups in total. The quantitative estimate of drug-likeness (QED) is 0.643. The van der Waals surface area contributed by atoms with E-state index in [-0.39, 0.29) is 0 Å². The first kappa shape index (κ1) is 9.96. The van der Waals surface area contributed by atoms with Crippen LogP contribution in [0.1, 0.15) is 47.0 Å². The minimum absolute atomic E-state index is 0.374. The van der Waals surface area contributed by atoms with Crippen LogP contribution < -0.4 is 0 Å². The second kappa shape index (κ2) is 3.97. The average Bonchev–Trinajstić information content (AvgIpc) is 1.84. The van der Waals surface area contributed by atoms with Crippen LogP contribution in [0.5, 0.6) is 0 Å². The highest BCUT2D eigenvalue weighted by atomic mass is 16.3. The molecule has 0 aromatic rings. The van der Waals surface area contributed by atoms with Crippen molar-refractivity contribution in [3.8, 4) is 0 Å². The zero-order valence-electron chi connectivity index (χ0n) is 7.65. The van der Waals surface area contributed by atoms with Gasteiger partial charge in [-0.05, 0) is 19.3 Å². The lowest BCUT2D eigenvalue weighted by Crippen LogP contribution is -2.30. The van der Waals surface area contributed by atoms with E-state index in [1.807, 2.05) is 6.92 Å². The lowest BCUT2D eigenvalue weighted by atomic mass is 9.88. The summed E-state index contributed by atoms with van der Waals surface area (Å²) in [5, 5.41) is 9.72. The molecule has 0 spiro atoms. The van der Waals surface area contributed by atoms with E-state index in [0.29, 0.717) is 5.92 Å². The van der Waals surface area contributed by atoms with Gasteiger partial charge in [-0.25, -0.2) is 0 Å². The fourth-order valence-corrected chi connectivity index (χ4v) is 0.823. The zero-order chi connectivity index (χ0) is 8.20. The zero-order valence-corrected chi connectivity index (χ0v) is 7.65. The summed E-state index contributed by atoms with van der Waals surface area (Å²) in [4.78, 5) is 0. The van der Waals surface area contributed by atoms with E-state index in [4.69, 9.17) is 0 Å². The van der Waals surface area contributed by atoms with Crippen LogP contribution in [0, 0.1) is 5.92 Å². The van der Waals surface area contributed by atoms with Gasteiger partial charge in [-0.15, -0.1) is 0 Å². The summed E-state index contributed by atoms with van der Waals surface area (Å²) in [6, 6.07) is 0. The third-order valence-electron chi connectivity index (χ3n) is 2.28. The average molecular weight is 144 g/mol. The van der Waals surface area contributed by atoms with Crippen molar-refractivity contribution in [3.63, 3.8) is 0 Å². The molecule has 0 rings (SSSR count). The van der Waals surface area contributed by atoms with E-state index < -0.39 is 5.60 Å². The largest absolute Gasteiger partial charge is 0.390 e. The molecule has 10 heavy (non-hydrogen) atoms. The van der Waals surface area contributed by atoms with Crippen molar-refractivity contribution < 1.29 is 5.11 Å². The number of unbranched alkanes of at least 4 members (excludes halogenated alkanes) is 1. The van der Waals surface area contributed by atoms with Crippen LogP contribution in [0.3, 0.4) is 0 Å². The van der Waals surface area contributed by atoms with E-state index >= 15 is 0 Å². The van der Waals surface area contributed by atoms with Gasteiger partial charge in [0.1, 0.15) is 0 Å². The van der Waals surface area contributed by atoms with E-state index in [1.165, 1.54) is 6.42 Å². The lowest BCUT2D eigenvalue weighted by molar-refractivity contribution is 0.00349. The molecule has 0 aliphatic rings. The highest BCUT2D eigenvalue weighted by molar-refractivity contribution is 4.75. The Balaban J connectivity index is 3.63. The van der Waals surface area contributed by atoms with Gasteiger partial charge in [0.2, 0.25) is 0 Å². The van der Waals surface area contributed by atoms with Crippen molar-refractivity contribution in [3.05, 3.63) is 0 Å². The predicted molar refractivity (Wildman–Crippen MR) is 45.0 cm³/mol. The third kappa shape index (κ3) is 3.21. The van der Waals surface area contributed by atoms with Gasteiger partial charge in [0.25, 0.3) is 0 Å². The molecule has 0 radical (unpaired) electrons. The van der Waals surface area contributed by atoms with Crippen molar-refractivity contribution in [1.29, 1.82) is 0 Å². The summed E-state index contributed by atoms with van der Waals surface area (Å²) < 4.78 is 0. The molecule has 0 aliphatic heterocycles. The first-order chi connectivity index (χ1) is 4.50. The fourth-order valence-electron chi connectivity index (χ4n) is 0.823. The topological polar surface area (TPSA) is 20.2 Å². The first-order valence-electron chi connectivity index (χ1n) is 4.23. The Bertz CT molecular complexity index is 84.7. The Labute approximate surface area is 64.5 Å². The highest BCUT2D eigenvalue weighted by Crippen LogP contribution is 2.22. The molecule has 0 heterocycles. The minimum atomic E-state index is -0.448. The molecular formula is C9H20O. The molecule has 0 aromatic carbocycles. The summed E-state index contributed by atoms with van der Waals surface area (Å²) in [5.41, 5.74) is -0.448. The summed E-state index contributed by atoms with van der Waals surface area (Å²) in [7, 11) is 0. The van der Waals surface area contributed by atoms with Gasteiger partial charge >= 0.3 is 0 Å². The molecule has 1 unspecified atom stereocenters. The molecule has 0 saturated heterocycles. The summed E-state index contributed by atoms with van der Waals surface area (Å²) >= 11 is 0. The molecule has 1 nitrogen and oxygen atoms in total. The van der Waals surface area contributed by atoms with Crippen LogP contribution in [0.15, 0.2) is 0 Å². The smallest absolute Gasteiger partial charge is 0.0642 e. The fraction of sp³-hybridized carbons (Fsp3) is 1.00. The molecule has 0 aromatic heterocycles. The third-order valence-corrected chi connectivity index (χ3v) is 2.28.